The maximum absolute atomic E-state index is 12.8. The Bertz CT molecular complexity index is 726. The summed E-state index contributed by atoms with van der Waals surface area (Å²) in [4.78, 5) is 25.2. The lowest BCUT2D eigenvalue weighted by atomic mass is 10.1. The second-order valence-corrected chi connectivity index (χ2v) is 5.06. The molecule has 5 heteroatoms. The van der Waals surface area contributed by atoms with Gasteiger partial charge in [0.1, 0.15) is 5.56 Å². The molecule has 2 aromatic carbocycles. The molecule has 114 valence electrons. The summed E-state index contributed by atoms with van der Waals surface area (Å²) in [5, 5.41) is 11.3. The summed E-state index contributed by atoms with van der Waals surface area (Å²) in [6, 6.07) is 12.3. The van der Waals surface area contributed by atoms with E-state index in [-0.39, 0.29) is 17.2 Å². The van der Waals surface area contributed by atoms with Gasteiger partial charge in [-0.15, -0.1) is 0 Å². The van der Waals surface area contributed by atoms with E-state index in [2.05, 4.69) is 0 Å². The maximum atomic E-state index is 12.8. The topological polar surface area (TPSA) is 63.5 Å². The summed E-state index contributed by atoms with van der Waals surface area (Å²) in [5.74, 6) is -0.354. The lowest BCUT2D eigenvalue weighted by molar-refractivity contribution is -0.385. The quantitative estimate of drug-likeness (QED) is 0.635. The summed E-state index contributed by atoms with van der Waals surface area (Å²) in [7, 11) is 0. The highest BCUT2D eigenvalue weighted by Crippen LogP contribution is 2.27. The molecule has 0 radical (unpaired) electrons. The van der Waals surface area contributed by atoms with Gasteiger partial charge < -0.3 is 4.90 Å². The Morgan fingerprint density at radius 3 is 2.32 bits per heavy atom. The predicted molar refractivity (Wildman–Crippen MR) is 86.4 cm³/mol. The van der Waals surface area contributed by atoms with Gasteiger partial charge >= 0.3 is 0 Å². The second kappa shape index (κ2) is 6.39. The summed E-state index contributed by atoms with van der Waals surface area (Å²) < 4.78 is 0. The highest BCUT2D eigenvalue weighted by molar-refractivity contribution is 6.09. The molecule has 22 heavy (non-hydrogen) atoms. The molecule has 0 bridgehead atoms. The molecule has 0 saturated heterocycles. The van der Waals surface area contributed by atoms with Gasteiger partial charge in [0, 0.05) is 17.8 Å². The number of hydrogen-bond acceptors (Lipinski definition) is 3. The highest BCUT2D eigenvalue weighted by Gasteiger charge is 2.26. The normalized spacial score (nSPS) is 10.3. The summed E-state index contributed by atoms with van der Waals surface area (Å²) in [6.45, 7) is 5.84. The van der Waals surface area contributed by atoms with Crippen LogP contribution in [-0.2, 0) is 0 Å². The number of nitro groups is 1. The van der Waals surface area contributed by atoms with Crippen molar-refractivity contribution >= 4 is 17.3 Å². The van der Waals surface area contributed by atoms with Crippen molar-refractivity contribution in [2.24, 2.45) is 0 Å². The number of nitro benzene ring substituents is 1. The fourth-order valence-corrected chi connectivity index (χ4v) is 2.51. The van der Waals surface area contributed by atoms with E-state index < -0.39 is 4.92 Å². The van der Waals surface area contributed by atoms with Gasteiger partial charge in [0.05, 0.1) is 4.92 Å². The number of carbonyl (C=O) groups excluding carboxylic acids is 1. The number of aryl methyl sites for hydroxylation is 2. The second-order valence-electron chi connectivity index (χ2n) is 5.06. The van der Waals surface area contributed by atoms with Crippen LogP contribution in [0.4, 0.5) is 11.4 Å². The Balaban J connectivity index is 2.53. The van der Waals surface area contributed by atoms with E-state index in [1.54, 1.807) is 24.0 Å². The molecule has 0 atom stereocenters. The predicted octanol–water partition coefficient (Wildman–Crippen LogP) is 3.88. The van der Waals surface area contributed by atoms with Crippen molar-refractivity contribution in [2.75, 3.05) is 11.4 Å². The van der Waals surface area contributed by atoms with E-state index in [9.17, 15) is 14.9 Å². The first-order valence-corrected chi connectivity index (χ1v) is 7.08. The van der Waals surface area contributed by atoms with Gasteiger partial charge in [0.25, 0.3) is 11.6 Å². The van der Waals surface area contributed by atoms with Crippen molar-refractivity contribution < 1.29 is 9.72 Å². The smallest absolute Gasteiger partial charge is 0.285 e. The number of benzene rings is 2. The van der Waals surface area contributed by atoms with Gasteiger partial charge in [-0.25, -0.2) is 0 Å². The molecule has 0 saturated carbocycles. The fourth-order valence-electron chi connectivity index (χ4n) is 2.51. The molecule has 1 amide bonds. The summed E-state index contributed by atoms with van der Waals surface area (Å²) >= 11 is 0. The van der Waals surface area contributed by atoms with Crippen LogP contribution in [-0.4, -0.2) is 17.4 Å². The van der Waals surface area contributed by atoms with E-state index in [4.69, 9.17) is 0 Å². The molecule has 2 aromatic rings. The molecule has 0 fully saturated rings. The molecule has 5 nitrogen and oxygen atoms in total. The lowest BCUT2D eigenvalue weighted by Crippen LogP contribution is -2.31. The van der Waals surface area contributed by atoms with Gasteiger partial charge in [-0.3, -0.25) is 14.9 Å². The minimum absolute atomic E-state index is 0.120. The Labute approximate surface area is 129 Å². The third-order valence-electron chi connectivity index (χ3n) is 3.62. The zero-order valence-corrected chi connectivity index (χ0v) is 12.9. The molecule has 0 aliphatic rings. The van der Waals surface area contributed by atoms with Crippen molar-refractivity contribution in [2.45, 2.75) is 20.8 Å². The number of para-hydroxylation sites is 2. The van der Waals surface area contributed by atoms with Crippen molar-refractivity contribution in [1.82, 2.24) is 0 Å². The van der Waals surface area contributed by atoms with Crippen LogP contribution in [0.3, 0.4) is 0 Å². The standard InChI is InChI=1S/C17H18N2O3/c1-4-18(15-11-6-5-8-12(15)2)17(20)14-10-7-9-13(3)16(14)19(21)22/h5-11H,4H2,1-3H3. The number of rotatable bonds is 4. The molecular weight excluding hydrogens is 280 g/mol. The molecule has 0 unspecified atom stereocenters. The zero-order chi connectivity index (χ0) is 16.3. The molecule has 0 spiro atoms. The van der Waals surface area contributed by atoms with E-state index >= 15 is 0 Å². The van der Waals surface area contributed by atoms with Crippen molar-refractivity contribution in [1.29, 1.82) is 0 Å². The third kappa shape index (κ3) is 2.83. The van der Waals surface area contributed by atoms with Crippen LogP contribution < -0.4 is 4.90 Å². The first kappa shape index (κ1) is 15.7. The van der Waals surface area contributed by atoms with Crippen LogP contribution in [0.2, 0.25) is 0 Å². The molecule has 0 aliphatic carbocycles. The Kier molecular flexibility index (Phi) is 4.56. The number of anilines is 1. The Hall–Kier alpha value is -2.69. The Morgan fingerprint density at radius 1 is 1.09 bits per heavy atom. The monoisotopic (exact) mass is 298 g/mol. The summed E-state index contributed by atoms with van der Waals surface area (Å²) in [5.41, 5.74) is 2.20. The first-order valence-electron chi connectivity index (χ1n) is 7.08. The van der Waals surface area contributed by atoms with E-state index in [1.807, 2.05) is 38.1 Å². The average molecular weight is 298 g/mol. The minimum atomic E-state index is -0.492. The first-order chi connectivity index (χ1) is 10.5. The van der Waals surface area contributed by atoms with Crippen molar-refractivity contribution in [3.63, 3.8) is 0 Å². The maximum Gasteiger partial charge on any atom is 0.285 e. The molecule has 0 heterocycles. The highest BCUT2D eigenvalue weighted by atomic mass is 16.6. The number of carbonyl (C=O) groups is 1. The van der Waals surface area contributed by atoms with Crippen LogP contribution in [0, 0.1) is 24.0 Å². The minimum Gasteiger partial charge on any atom is -0.308 e. The zero-order valence-electron chi connectivity index (χ0n) is 12.9. The average Bonchev–Trinajstić information content (AvgIpc) is 2.49. The van der Waals surface area contributed by atoms with Crippen molar-refractivity contribution in [3.8, 4) is 0 Å². The van der Waals surface area contributed by atoms with Crippen molar-refractivity contribution in [3.05, 3.63) is 69.3 Å². The molecule has 0 aromatic heterocycles. The fraction of sp³-hybridized carbons (Fsp3) is 0.235. The van der Waals surface area contributed by atoms with Gasteiger partial charge in [-0.2, -0.15) is 0 Å². The van der Waals surface area contributed by atoms with Gasteiger partial charge in [0.15, 0.2) is 0 Å². The summed E-state index contributed by atoms with van der Waals surface area (Å²) in [6.07, 6.45) is 0. The van der Waals surface area contributed by atoms with E-state index in [1.165, 1.54) is 6.07 Å². The Morgan fingerprint density at radius 2 is 1.73 bits per heavy atom. The number of hydrogen-bond donors (Lipinski definition) is 0. The van der Waals surface area contributed by atoms with Crippen LogP contribution in [0.5, 0.6) is 0 Å². The molecule has 2 rings (SSSR count). The molecule has 0 aliphatic heterocycles. The molecular formula is C17H18N2O3. The molecule has 0 N–H and O–H groups in total. The van der Waals surface area contributed by atoms with Crippen LogP contribution >= 0.6 is 0 Å². The van der Waals surface area contributed by atoms with E-state index in [0.717, 1.165) is 11.3 Å². The van der Waals surface area contributed by atoms with Gasteiger partial charge in [0.2, 0.25) is 0 Å². The van der Waals surface area contributed by atoms with E-state index in [0.29, 0.717) is 12.1 Å². The number of nitrogens with zero attached hydrogens (tertiary/aromatic N) is 2. The number of amides is 1. The lowest BCUT2D eigenvalue weighted by Gasteiger charge is -2.23. The van der Waals surface area contributed by atoms with Crippen LogP contribution in [0.1, 0.15) is 28.4 Å². The SMILES string of the molecule is CCN(C(=O)c1cccc(C)c1[N+](=O)[O-])c1ccccc1C. The largest absolute Gasteiger partial charge is 0.308 e. The third-order valence-corrected chi connectivity index (χ3v) is 3.62. The van der Waals surface area contributed by atoms with Gasteiger partial charge in [-0.05, 0) is 38.5 Å². The van der Waals surface area contributed by atoms with Crippen LogP contribution in [0.25, 0.3) is 0 Å². The van der Waals surface area contributed by atoms with Gasteiger partial charge in [-0.1, -0.05) is 30.3 Å². The van der Waals surface area contributed by atoms with Crippen LogP contribution in [0.15, 0.2) is 42.5 Å².